The molecule has 4 heteroatoms. The van der Waals surface area contributed by atoms with Crippen molar-refractivity contribution in [2.24, 2.45) is 5.92 Å². The van der Waals surface area contributed by atoms with Gasteiger partial charge in [-0.25, -0.2) is 4.98 Å². The molecular weight excluding hydrogens is 248 g/mol. The summed E-state index contributed by atoms with van der Waals surface area (Å²) in [6, 6.07) is 6.56. The van der Waals surface area contributed by atoms with Crippen molar-refractivity contribution in [3.05, 3.63) is 30.1 Å². The fourth-order valence-corrected chi connectivity index (χ4v) is 3.15. The molecule has 0 amide bonds. The fourth-order valence-electron chi connectivity index (χ4n) is 3.15. The predicted molar refractivity (Wildman–Crippen MR) is 82.7 cm³/mol. The second-order valence-electron chi connectivity index (χ2n) is 6.19. The Kier molecular flexibility index (Phi) is 3.66. The number of nitrogens with two attached hydrogens (primary N) is 1. The van der Waals surface area contributed by atoms with Crippen LogP contribution in [0, 0.1) is 5.92 Å². The molecule has 0 spiro atoms. The molecule has 4 nitrogen and oxygen atoms in total. The molecule has 0 aromatic carbocycles. The fraction of sp³-hybridized carbons (Fsp3) is 0.562. The maximum absolute atomic E-state index is 5.97. The minimum Gasteiger partial charge on any atom is -0.385 e. The maximum atomic E-state index is 5.97. The molecule has 1 aliphatic rings. The second-order valence-corrected chi connectivity index (χ2v) is 6.19. The van der Waals surface area contributed by atoms with Crippen LogP contribution in [-0.2, 0) is 6.42 Å². The van der Waals surface area contributed by atoms with Crippen molar-refractivity contribution in [1.82, 2.24) is 14.3 Å². The number of aromatic nitrogens is 2. The summed E-state index contributed by atoms with van der Waals surface area (Å²) < 4.78 is 1.98. The third-order valence-corrected chi connectivity index (χ3v) is 4.45. The van der Waals surface area contributed by atoms with E-state index in [0.29, 0.717) is 6.04 Å². The second kappa shape index (κ2) is 5.44. The third kappa shape index (κ3) is 2.66. The lowest BCUT2D eigenvalue weighted by molar-refractivity contribution is 0.149. The Morgan fingerprint density at radius 2 is 2.05 bits per heavy atom. The predicted octanol–water partition coefficient (Wildman–Crippen LogP) is 2.58. The first-order chi connectivity index (χ1) is 9.63. The largest absolute Gasteiger partial charge is 0.385 e. The van der Waals surface area contributed by atoms with Gasteiger partial charge in [-0.3, -0.25) is 4.40 Å². The highest BCUT2D eigenvalue weighted by molar-refractivity contribution is 5.48. The van der Waals surface area contributed by atoms with E-state index in [1.807, 2.05) is 22.6 Å². The van der Waals surface area contributed by atoms with Crippen LogP contribution in [0.3, 0.4) is 0 Å². The van der Waals surface area contributed by atoms with Crippen LogP contribution in [0.2, 0.25) is 0 Å². The molecule has 3 heterocycles. The molecule has 2 aromatic rings. The molecule has 1 fully saturated rings. The molecule has 0 aliphatic carbocycles. The molecule has 0 bridgehead atoms. The first-order valence-electron chi connectivity index (χ1n) is 7.60. The first kappa shape index (κ1) is 13.4. The van der Waals surface area contributed by atoms with Gasteiger partial charge in [-0.2, -0.15) is 0 Å². The first-order valence-corrected chi connectivity index (χ1v) is 7.60. The number of rotatable bonds is 3. The molecule has 1 saturated heterocycles. The number of fused-ring (bicyclic) bond motifs is 1. The molecule has 0 unspecified atom stereocenters. The Bertz CT molecular complexity index is 579. The molecular formula is C16H24N4. The van der Waals surface area contributed by atoms with Crippen LogP contribution < -0.4 is 5.73 Å². The topological polar surface area (TPSA) is 46.6 Å². The number of nitrogen functional groups attached to an aromatic ring is 1. The van der Waals surface area contributed by atoms with Gasteiger partial charge in [0.1, 0.15) is 11.5 Å². The minimum absolute atomic E-state index is 0.672. The highest BCUT2D eigenvalue weighted by Gasteiger charge is 2.21. The third-order valence-electron chi connectivity index (χ3n) is 4.45. The lowest BCUT2D eigenvalue weighted by atomic mass is 9.92. The Morgan fingerprint density at radius 3 is 2.70 bits per heavy atom. The number of anilines is 1. The summed E-state index contributed by atoms with van der Waals surface area (Å²) in [6.45, 7) is 7.01. The Hall–Kier alpha value is -1.55. The summed E-state index contributed by atoms with van der Waals surface area (Å²) in [5.41, 5.74) is 8.10. The summed E-state index contributed by atoms with van der Waals surface area (Å²) in [4.78, 5) is 7.26. The number of imidazole rings is 1. The summed E-state index contributed by atoms with van der Waals surface area (Å²) in [5, 5.41) is 0. The van der Waals surface area contributed by atoms with E-state index in [0.717, 1.165) is 23.8 Å². The zero-order valence-corrected chi connectivity index (χ0v) is 12.4. The highest BCUT2D eigenvalue weighted by atomic mass is 15.1. The molecule has 2 N–H and O–H groups in total. The Morgan fingerprint density at radius 1 is 1.30 bits per heavy atom. The molecule has 0 radical (unpaired) electrons. The number of pyridine rings is 1. The van der Waals surface area contributed by atoms with Gasteiger partial charge >= 0.3 is 0 Å². The lowest BCUT2D eigenvalue weighted by Gasteiger charge is -2.34. The van der Waals surface area contributed by atoms with E-state index >= 15 is 0 Å². The smallest absolute Gasteiger partial charge is 0.138 e. The van der Waals surface area contributed by atoms with Crippen molar-refractivity contribution in [2.75, 3.05) is 18.8 Å². The standard InChI is InChI=1S/C16H24N4/c1-12(2)19-8-6-13(7-9-19)10-14-11-20-15(17)4-3-5-16(20)18-14/h3-5,11-13H,6-10,17H2,1-2H3. The lowest BCUT2D eigenvalue weighted by Crippen LogP contribution is -2.38. The van der Waals surface area contributed by atoms with Gasteiger partial charge in [0.05, 0.1) is 5.69 Å². The molecule has 20 heavy (non-hydrogen) atoms. The van der Waals surface area contributed by atoms with Gasteiger partial charge in [0.15, 0.2) is 0 Å². The van der Waals surface area contributed by atoms with E-state index in [2.05, 4.69) is 24.9 Å². The van der Waals surface area contributed by atoms with Crippen molar-refractivity contribution in [3.63, 3.8) is 0 Å². The van der Waals surface area contributed by atoms with Crippen LogP contribution in [0.15, 0.2) is 24.4 Å². The summed E-state index contributed by atoms with van der Waals surface area (Å²) >= 11 is 0. The van der Waals surface area contributed by atoms with Crippen LogP contribution >= 0.6 is 0 Å². The quantitative estimate of drug-likeness (QED) is 0.934. The van der Waals surface area contributed by atoms with Crippen molar-refractivity contribution < 1.29 is 0 Å². The summed E-state index contributed by atoms with van der Waals surface area (Å²) in [7, 11) is 0. The SMILES string of the molecule is CC(C)N1CCC(Cc2cn3c(N)cccc3n2)CC1. The Balaban J connectivity index is 1.67. The molecule has 2 aromatic heterocycles. The van der Waals surface area contributed by atoms with Gasteiger partial charge in [0.25, 0.3) is 0 Å². The van der Waals surface area contributed by atoms with Gasteiger partial charge in [-0.05, 0) is 64.3 Å². The maximum Gasteiger partial charge on any atom is 0.138 e. The van der Waals surface area contributed by atoms with Gasteiger partial charge < -0.3 is 10.6 Å². The molecule has 108 valence electrons. The molecule has 1 aliphatic heterocycles. The van der Waals surface area contributed by atoms with E-state index in [1.165, 1.54) is 31.6 Å². The average Bonchev–Trinajstić information content (AvgIpc) is 2.83. The zero-order chi connectivity index (χ0) is 14.1. The van der Waals surface area contributed by atoms with Gasteiger partial charge in [-0.1, -0.05) is 6.07 Å². The van der Waals surface area contributed by atoms with Crippen LogP contribution in [0.5, 0.6) is 0 Å². The number of likely N-dealkylation sites (tertiary alicyclic amines) is 1. The highest BCUT2D eigenvalue weighted by Crippen LogP contribution is 2.23. The number of piperidine rings is 1. The zero-order valence-electron chi connectivity index (χ0n) is 12.4. The minimum atomic E-state index is 0.672. The van der Waals surface area contributed by atoms with E-state index in [4.69, 9.17) is 10.7 Å². The van der Waals surface area contributed by atoms with Crippen LogP contribution in [-0.4, -0.2) is 33.4 Å². The van der Waals surface area contributed by atoms with Gasteiger partial charge in [-0.15, -0.1) is 0 Å². The van der Waals surface area contributed by atoms with Crippen LogP contribution in [0.4, 0.5) is 5.82 Å². The number of nitrogens with zero attached hydrogens (tertiary/aromatic N) is 3. The van der Waals surface area contributed by atoms with Crippen molar-refractivity contribution in [1.29, 1.82) is 0 Å². The summed E-state index contributed by atoms with van der Waals surface area (Å²) in [6.07, 6.45) is 5.73. The molecule has 0 atom stereocenters. The van der Waals surface area contributed by atoms with Gasteiger partial charge in [0.2, 0.25) is 0 Å². The monoisotopic (exact) mass is 272 g/mol. The normalized spacial score (nSPS) is 18.1. The van der Waals surface area contributed by atoms with E-state index in [9.17, 15) is 0 Å². The van der Waals surface area contributed by atoms with E-state index < -0.39 is 0 Å². The van der Waals surface area contributed by atoms with Crippen molar-refractivity contribution in [2.45, 2.75) is 39.2 Å². The molecule has 0 saturated carbocycles. The molecule has 3 rings (SSSR count). The number of hydrogen-bond donors (Lipinski definition) is 1. The van der Waals surface area contributed by atoms with Gasteiger partial charge in [0, 0.05) is 12.2 Å². The average molecular weight is 272 g/mol. The Labute approximate surface area is 120 Å². The van der Waals surface area contributed by atoms with Crippen LogP contribution in [0.25, 0.3) is 5.65 Å². The number of hydrogen-bond acceptors (Lipinski definition) is 3. The van der Waals surface area contributed by atoms with E-state index in [-0.39, 0.29) is 0 Å². The van der Waals surface area contributed by atoms with Crippen molar-refractivity contribution >= 4 is 11.5 Å². The van der Waals surface area contributed by atoms with E-state index in [1.54, 1.807) is 0 Å². The summed E-state index contributed by atoms with van der Waals surface area (Å²) in [5.74, 6) is 1.52. The van der Waals surface area contributed by atoms with Crippen molar-refractivity contribution in [3.8, 4) is 0 Å². The van der Waals surface area contributed by atoms with Crippen LogP contribution in [0.1, 0.15) is 32.4 Å².